The maximum Gasteiger partial charge on any atom is 0.257 e. The van der Waals surface area contributed by atoms with Gasteiger partial charge in [0.05, 0.1) is 12.7 Å². The van der Waals surface area contributed by atoms with Crippen molar-refractivity contribution < 1.29 is 9.53 Å². The molecule has 92 valence electrons. The second kappa shape index (κ2) is 5.05. The van der Waals surface area contributed by atoms with Gasteiger partial charge in [0.1, 0.15) is 5.75 Å². The molecule has 1 heterocycles. The van der Waals surface area contributed by atoms with Crippen LogP contribution in [-0.2, 0) is 0 Å². The number of benzene rings is 1. The second-order valence-electron chi connectivity index (χ2n) is 4.00. The van der Waals surface area contributed by atoms with E-state index in [9.17, 15) is 4.79 Å². The van der Waals surface area contributed by atoms with Crippen molar-refractivity contribution in [3.05, 3.63) is 23.8 Å². The fraction of sp³-hybridized carbons (Fsp3) is 0.417. The highest BCUT2D eigenvalue weighted by molar-refractivity contribution is 5.97. The SMILES string of the molecule is COc1ccc(N)cc1C(=O)N1CCNCC1. The number of carbonyl (C=O) groups is 1. The van der Waals surface area contributed by atoms with E-state index in [-0.39, 0.29) is 5.91 Å². The number of hydrogen-bond acceptors (Lipinski definition) is 4. The summed E-state index contributed by atoms with van der Waals surface area (Å²) < 4.78 is 5.19. The van der Waals surface area contributed by atoms with E-state index in [0.717, 1.165) is 26.2 Å². The number of hydrogen-bond donors (Lipinski definition) is 2. The smallest absolute Gasteiger partial charge is 0.257 e. The van der Waals surface area contributed by atoms with Crippen molar-refractivity contribution in [2.45, 2.75) is 0 Å². The Kier molecular flexibility index (Phi) is 3.49. The van der Waals surface area contributed by atoms with Gasteiger partial charge in [-0.2, -0.15) is 0 Å². The number of nitrogen functional groups attached to an aromatic ring is 1. The number of nitrogens with two attached hydrogens (primary N) is 1. The molecular weight excluding hydrogens is 218 g/mol. The fourth-order valence-electron chi connectivity index (χ4n) is 1.93. The molecule has 0 bridgehead atoms. The number of nitrogens with one attached hydrogen (secondary N) is 1. The first-order valence-electron chi connectivity index (χ1n) is 5.66. The lowest BCUT2D eigenvalue weighted by Crippen LogP contribution is -2.46. The number of piperazine rings is 1. The van der Waals surface area contributed by atoms with Crippen LogP contribution in [0.5, 0.6) is 5.75 Å². The van der Waals surface area contributed by atoms with Gasteiger partial charge in [0, 0.05) is 31.9 Å². The lowest BCUT2D eigenvalue weighted by Gasteiger charge is -2.28. The van der Waals surface area contributed by atoms with Gasteiger partial charge in [0.15, 0.2) is 0 Å². The van der Waals surface area contributed by atoms with Gasteiger partial charge in [-0.3, -0.25) is 4.79 Å². The molecule has 1 saturated heterocycles. The van der Waals surface area contributed by atoms with Crippen LogP contribution in [0.3, 0.4) is 0 Å². The van der Waals surface area contributed by atoms with Crippen molar-refractivity contribution in [3.63, 3.8) is 0 Å². The zero-order valence-electron chi connectivity index (χ0n) is 9.90. The van der Waals surface area contributed by atoms with Gasteiger partial charge in [-0.05, 0) is 18.2 Å². The molecule has 1 aliphatic heterocycles. The molecule has 1 aliphatic rings. The summed E-state index contributed by atoms with van der Waals surface area (Å²) in [7, 11) is 1.56. The average Bonchev–Trinajstić information content (AvgIpc) is 2.39. The zero-order chi connectivity index (χ0) is 12.3. The number of amides is 1. The average molecular weight is 235 g/mol. The first-order valence-corrected chi connectivity index (χ1v) is 5.66. The molecule has 5 heteroatoms. The Morgan fingerprint density at radius 3 is 2.76 bits per heavy atom. The number of carbonyl (C=O) groups excluding carboxylic acids is 1. The molecular formula is C12H17N3O2. The minimum Gasteiger partial charge on any atom is -0.496 e. The third kappa shape index (κ3) is 2.50. The van der Waals surface area contributed by atoms with E-state index in [1.54, 1.807) is 25.3 Å². The van der Waals surface area contributed by atoms with E-state index in [0.29, 0.717) is 17.0 Å². The Labute approximate surface area is 101 Å². The van der Waals surface area contributed by atoms with Gasteiger partial charge < -0.3 is 20.7 Å². The van der Waals surface area contributed by atoms with E-state index >= 15 is 0 Å². The van der Waals surface area contributed by atoms with Crippen molar-refractivity contribution in [1.82, 2.24) is 10.2 Å². The molecule has 1 aromatic rings. The topological polar surface area (TPSA) is 67.6 Å². The van der Waals surface area contributed by atoms with E-state index in [1.807, 2.05) is 4.90 Å². The summed E-state index contributed by atoms with van der Waals surface area (Å²) in [6.45, 7) is 3.10. The minimum atomic E-state index is -0.0179. The van der Waals surface area contributed by atoms with E-state index < -0.39 is 0 Å². The predicted molar refractivity (Wildman–Crippen MR) is 66.2 cm³/mol. The summed E-state index contributed by atoms with van der Waals surface area (Å²) >= 11 is 0. The Balaban J connectivity index is 2.25. The molecule has 0 unspecified atom stereocenters. The van der Waals surface area contributed by atoms with Gasteiger partial charge in [0.2, 0.25) is 0 Å². The summed E-state index contributed by atoms with van der Waals surface area (Å²) in [5.41, 5.74) is 6.82. The molecule has 17 heavy (non-hydrogen) atoms. The number of anilines is 1. The lowest BCUT2D eigenvalue weighted by molar-refractivity contribution is 0.0732. The van der Waals surface area contributed by atoms with Crippen molar-refractivity contribution in [3.8, 4) is 5.75 Å². The molecule has 1 aromatic carbocycles. The summed E-state index contributed by atoms with van der Waals surface area (Å²) in [5.74, 6) is 0.554. The third-order valence-electron chi connectivity index (χ3n) is 2.86. The van der Waals surface area contributed by atoms with Crippen molar-refractivity contribution >= 4 is 11.6 Å². The van der Waals surface area contributed by atoms with E-state index in [1.165, 1.54) is 0 Å². The van der Waals surface area contributed by atoms with Crippen LogP contribution in [0.4, 0.5) is 5.69 Å². The first kappa shape index (κ1) is 11.7. The lowest BCUT2D eigenvalue weighted by atomic mass is 10.1. The predicted octanol–water partition coefficient (Wildman–Crippen LogP) is 0.323. The van der Waals surface area contributed by atoms with Gasteiger partial charge in [-0.25, -0.2) is 0 Å². The fourth-order valence-corrected chi connectivity index (χ4v) is 1.93. The van der Waals surface area contributed by atoms with Gasteiger partial charge >= 0.3 is 0 Å². The molecule has 0 radical (unpaired) electrons. The van der Waals surface area contributed by atoms with Gasteiger partial charge in [0.25, 0.3) is 5.91 Å². The highest BCUT2D eigenvalue weighted by atomic mass is 16.5. The van der Waals surface area contributed by atoms with Crippen LogP contribution in [0.1, 0.15) is 10.4 Å². The highest BCUT2D eigenvalue weighted by Gasteiger charge is 2.21. The molecule has 1 fully saturated rings. The molecule has 3 N–H and O–H groups in total. The van der Waals surface area contributed by atoms with E-state index in [2.05, 4.69) is 5.32 Å². The Morgan fingerprint density at radius 2 is 2.12 bits per heavy atom. The number of nitrogens with zero attached hydrogens (tertiary/aromatic N) is 1. The Morgan fingerprint density at radius 1 is 1.41 bits per heavy atom. The quantitative estimate of drug-likeness (QED) is 0.725. The first-order chi connectivity index (χ1) is 8.22. The van der Waals surface area contributed by atoms with Crippen LogP contribution < -0.4 is 15.8 Å². The molecule has 0 aliphatic carbocycles. The number of rotatable bonds is 2. The van der Waals surface area contributed by atoms with Crippen LogP contribution in [0, 0.1) is 0 Å². The Bertz CT molecular complexity index is 414. The summed E-state index contributed by atoms with van der Waals surface area (Å²) in [4.78, 5) is 14.1. The van der Waals surface area contributed by atoms with Gasteiger partial charge in [-0.1, -0.05) is 0 Å². The summed E-state index contributed by atoms with van der Waals surface area (Å²) in [6, 6.07) is 5.13. The van der Waals surface area contributed by atoms with Crippen molar-refractivity contribution in [2.24, 2.45) is 0 Å². The zero-order valence-corrected chi connectivity index (χ0v) is 9.90. The number of ether oxygens (including phenoxy) is 1. The minimum absolute atomic E-state index is 0.0179. The Hall–Kier alpha value is -1.75. The second-order valence-corrected chi connectivity index (χ2v) is 4.00. The maximum atomic E-state index is 12.3. The molecule has 5 nitrogen and oxygen atoms in total. The number of methoxy groups -OCH3 is 1. The largest absolute Gasteiger partial charge is 0.496 e. The third-order valence-corrected chi connectivity index (χ3v) is 2.86. The van der Waals surface area contributed by atoms with Gasteiger partial charge in [-0.15, -0.1) is 0 Å². The molecule has 0 spiro atoms. The van der Waals surface area contributed by atoms with Crippen LogP contribution in [0.15, 0.2) is 18.2 Å². The molecule has 1 amide bonds. The molecule has 0 saturated carbocycles. The monoisotopic (exact) mass is 235 g/mol. The van der Waals surface area contributed by atoms with Crippen molar-refractivity contribution in [1.29, 1.82) is 0 Å². The van der Waals surface area contributed by atoms with Crippen molar-refractivity contribution in [2.75, 3.05) is 39.0 Å². The molecule has 0 aromatic heterocycles. The van der Waals surface area contributed by atoms with Crippen LogP contribution in [0.25, 0.3) is 0 Å². The normalized spacial score (nSPS) is 15.7. The highest BCUT2D eigenvalue weighted by Crippen LogP contribution is 2.22. The molecule has 2 rings (SSSR count). The van der Waals surface area contributed by atoms with Crippen LogP contribution >= 0.6 is 0 Å². The standard InChI is InChI=1S/C12H17N3O2/c1-17-11-3-2-9(13)8-10(11)12(16)15-6-4-14-5-7-15/h2-3,8,14H,4-7,13H2,1H3. The molecule has 0 atom stereocenters. The summed E-state index contributed by atoms with van der Waals surface area (Å²) in [6.07, 6.45) is 0. The van der Waals surface area contributed by atoms with Crippen LogP contribution in [-0.4, -0.2) is 44.1 Å². The maximum absolute atomic E-state index is 12.3. The summed E-state index contributed by atoms with van der Waals surface area (Å²) in [5, 5.41) is 3.21. The van der Waals surface area contributed by atoms with Crippen LogP contribution in [0.2, 0.25) is 0 Å². The van der Waals surface area contributed by atoms with E-state index in [4.69, 9.17) is 10.5 Å².